The number of nitrogens with zero attached hydrogens (tertiary/aromatic N) is 5. The van der Waals surface area contributed by atoms with Crippen LogP contribution in [0.25, 0.3) is 32.9 Å². The molecule has 5 aliphatic heterocycles. The first-order chi connectivity index (χ1) is 21.0. The van der Waals surface area contributed by atoms with Crippen LogP contribution < -0.4 is 19.7 Å². The van der Waals surface area contributed by atoms with Crippen molar-refractivity contribution in [3.63, 3.8) is 0 Å². The van der Waals surface area contributed by atoms with Gasteiger partial charge in [-0.1, -0.05) is 24.3 Å². The van der Waals surface area contributed by atoms with Crippen LogP contribution in [0.3, 0.4) is 0 Å². The third-order valence-corrected chi connectivity index (χ3v) is 10.3. The zero-order valence-electron chi connectivity index (χ0n) is 23.6. The summed E-state index contributed by atoms with van der Waals surface area (Å²) in [5.41, 5.74) is 0.163. The normalized spacial score (nSPS) is 29.5. The molecule has 0 radical (unpaired) electrons. The van der Waals surface area contributed by atoms with Gasteiger partial charge < -0.3 is 24.8 Å². The van der Waals surface area contributed by atoms with Crippen molar-refractivity contribution in [2.24, 2.45) is 0 Å². The van der Waals surface area contributed by atoms with Gasteiger partial charge in [0.15, 0.2) is 5.82 Å². The van der Waals surface area contributed by atoms with Gasteiger partial charge in [-0.2, -0.15) is 9.97 Å². The average Bonchev–Trinajstić information content (AvgIpc) is 3.64. The molecule has 0 spiro atoms. The second-order valence-corrected chi connectivity index (χ2v) is 12.8. The van der Waals surface area contributed by atoms with E-state index in [1.165, 1.54) is 6.07 Å². The maximum Gasteiger partial charge on any atom is 0.319 e. The highest BCUT2D eigenvalue weighted by Gasteiger charge is 2.50. The smallest absolute Gasteiger partial charge is 0.319 e. The number of fused-ring (bicyclic) bond motifs is 7. The third-order valence-electron chi connectivity index (χ3n) is 10.3. The Kier molecular flexibility index (Phi) is 5.57. The molecular weight excluding hydrogens is 554 g/mol. The second-order valence-electron chi connectivity index (χ2n) is 12.8. The molecule has 0 unspecified atom stereocenters. The molecule has 9 nitrogen and oxygen atoms in total. The van der Waals surface area contributed by atoms with E-state index in [9.17, 15) is 9.50 Å². The van der Waals surface area contributed by atoms with E-state index in [2.05, 4.69) is 20.1 Å². The van der Waals surface area contributed by atoms with Crippen molar-refractivity contribution in [3.05, 3.63) is 42.2 Å². The molecule has 11 heteroatoms. The minimum atomic E-state index is -0.883. The maximum atomic E-state index is 16.8. The minimum absolute atomic E-state index is 0.0107. The molecule has 0 amide bonds. The van der Waals surface area contributed by atoms with Gasteiger partial charge in [0.25, 0.3) is 0 Å². The molecule has 4 saturated heterocycles. The van der Waals surface area contributed by atoms with Gasteiger partial charge in [-0.25, -0.2) is 13.8 Å². The Morgan fingerprint density at radius 1 is 1.14 bits per heavy atom. The predicted molar refractivity (Wildman–Crippen MR) is 157 cm³/mol. The van der Waals surface area contributed by atoms with E-state index in [1.807, 2.05) is 24.3 Å². The van der Waals surface area contributed by atoms with E-state index in [4.69, 9.17) is 19.4 Å². The number of benzene rings is 2. The fourth-order valence-electron chi connectivity index (χ4n) is 8.30. The first kappa shape index (κ1) is 25.6. The van der Waals surface area contributed by atoms with Crippen LogP contribution in [0.1, 0.15) is 32.1 Å². The number of nitrogens with one attached hydrogen (secondary N) is 1. The number of halogens is 2. The highest BCUT2D eigenvalue weighted by Crippen LogP contribution is 2.45. The Hall–Kier alpha value is -3.83. The molecule has 2 aromatic heterocycles. The number of ether oxygens (including phenoxy) is 2. The van der Waals surface area contributed by atoms with Crippen LogP contribution in [0.4, 0.5) is 14.6 Å². The Morgan fingerprint density at radius 3 is 2.98 bits per heavy atom. The number of phenols is 1. The highest BCUT2D eigenvalue weighted by atomic mass is 19.1. The van der Waals surface area contributed by atoms with Gasteiger partial charge in [0, 0.05) is 37.2 Å². The number of hydrogen-bond donors (Lipinski definition) is 2. The zero-order valence-corrected chi connectivity index (χ0v) is 23.6. The van der Waals surface area contributed by atoms with Crippen LogP contribution in [0.2, 0.25) is 0 Å². The molecule has 0 saturated carbocycles. The van der Waals surface area contributed by atoms with Crippen molar-refractivity contribution in [2.75, 3.05) is 37.7 Å². The molecule has 5 aliphatic rings. The molecule has 9 rings (SSSR count). The molecule has 43 heavy (non-hydrogen) atoms. The lowest BCUT2D eigenvalue weighted by atomic mass is 9.95. The number of hydrogen-bond acceptors (Lipinski definition) is 9. The van der Waals surface area contributed by atoms with Crippen LogP contribution in [0.15, 0.2) is 36.4 Å². The molecule has 0 aliphatic carbocycles. The van der Waals surface area contributed by atoms with Gasteiger partial charge in [-0.3, -0.25) is 4.90 Å². The molecule has 2 bridgehead atoms. The molecule has 2 aromatic carbocycles. The Labute approximate surface area is 246 Å². The molecule has 4 aromatic rings. The van der Waals surface area contributed by atoms with Gasteiger partial charge in [-0.15, -0.1) is 0 Å². The summed E-state index contributed by atoms with van der Waals surface area (Å²) in [6.45, 7) is 2.58. The number of aromatic hydroxyl groups is 1. The van der Waals surface area contributed by atoms with Gasteiger partial charge >= 0.3 is 6.01 Å². The van der Waals surface area contributed by atoms with E-state index >= 15 is 4.39 Å². The first-order valence-electron chi connectivity index (χ1n) is 15.3. The van der Waals surface area contributed by atoms with Crippen molar-refractivity contribution in [3.8, 4) is 28.9 Å². The van der Waals surface area contributed by atoms with E-state index in [0.29, 0.717) is 48.9 Å². The first-order valence-corrected chi connectivity index (χ1v) is 15.3. The summed E-state index contributed by atoms with van der Waals surface area (Å²) in [4.78, 5) is 18.7. The summed E-state index contributed by atoms with van der Waals surface area (Å²) in [6.07, 6.45) is 3.46. The third kappa shape index (κ3) is 3.90. The lowest BCUT2D eigenvalue weighted by Gasteiger charge is -2.40. The summed E-state index contributed by atoms with van der Waals surface area (Å²) in [6, 6.07) is 11.2. The van der Waals surface area contributed by atoms with Crippen LogP contribution in [-0.2, 0) is 0 Å². The van der Waals surface area contributed by atoms with E-state index in [-0.39, 0.29) is 53.1 Å². The van der Waals surface area contributed by atoms with Crippen LogP contribution in [0.5, 0.6) is 17.6 Å². The van der Waals surface area contributed by atoms with Crippen LogP contribution in [-0.4, -0.2) is 87.6 Å². The Bertz CT molecular complexity index is 1790. The summed E-state index contributed by atoms with van der Waals surface area (Å²) in [5.74, 6) is 0.206. The summed E-state index contributed by atoms with van der Waals surface area (Å²) < 4.78 is 43.9. The monoisotopic (exact) mass is 586 g/mol. The van der Waals surface area contributed by atoms with Gasteiger partial charge in [0.1, 0.15) is 47.5 Å². The number of alkyl halides is 1. The summed E-state index contributed by atoms with van der Waals surface area (Å²) in [7, 11) is 0. The quantitative estimate of drug-likeness (QED) is 0.362. The Balaban J connectivity index is 1.22. The van der Waals surface area contributed by atoms with Gasteiger partial charge in [0.2, 0.25) is 5.88 Å². The Morgan fingerprint density at radius 2 is 2.05 bits per heavy atom. The van der Waals surface area contributed by atoms with Crippen molar-refractivity contribution in [2.45, 2.75) is 61.9 Å². The number of aromatic nitrogens is 3. The maximum absolute atomic E-state index is 16.8. The van der Waals surface area contributed by atoms with Crippen molar-refractivity contribution in [1.82, 2.24) is 25.2 Å². The van der Waals surface area contributed by atoms with Crippen molar-refractivity contribution < 1.29 is 23.4 Å². The fraction of sp³-hybridized carbons (Fsp3) is 0.469. The van der Waals surface area contributed by atoms with Crippen LogP contribution >= 0.6 is 0 Å². The molecule has 2 N–H and O–H groups in total. The van der Waals surface area contributed by atoms with Gasteiger partial charge in [0.05, 0.1) is 11.6 Å². The van der Waals surface area contributed by atoms with E-state index in [1.54, 1.807) is 6.07 Å². The highest BCUT2D eigenvalue weighted by molar-refractivity contribution is 6.02. The fourth-order valence-corrected chi connectivity index (χ4v) is 8.30. The number of pyridine rings is 1. The van der Waals surface area contributed by atoms with Gasteiger partial charge in [-0.05, 0) is 55.1 Å². The molecular formula is C32H32F2N6O3. The SMILES string of the molecule is Oc1cc(-c2nc3c4c(nc(OC[C@@]56CCCN5C[C@H](F)C6)nc4c2F)N2C[C@@H]4CC[C@@H](N4)[C@@H]2CO3)c2ccccc2c1. The summed E-state index contributed by atoms with van der Waals surface area (Å²) in [5, 5.41) is 16.2. The summed E-state index contributed by atoms with van der Waals surface area (Å²) >= 11 is 0. The standard InChI is InChI=1S/C32H32F2N6O3/c33-18-12-32(8-3-9-39(32)13-18)16-43-31-37-28-25-29(38-31)40-14-19-6-7-23(35-19)24(40)15-42-30(25)36-27(26(28)34)22-11-20(41)10-17-4-1-2-5-21(17)22/h1-2,4-5,10-11,18-19,23-24,35,41H,3,6-9,12-16H2/t18-,19+,23-,24+,32+/m1/s1. The van der Waals surface area contributed by atoms with Crippen LogP contribution in [0, 0.1) is 5.82 Å². The second kappa shape index (κ2) is 9.33. The number of rotatable bonds is 4. The lowest BCUT2D eigenvalue weighted by molar-refractivity contribution is 0.107. The van der Waals surface area contributed by atoms with Crippen molar-refractivity contribution >= 4 is 27.5 Å². The number of phenolic OH excluding ortho intramolecular Hbond substituents is 1. The molecule has 5 atom stereocenters. The number of anilines is 1. The molecule has 222 valence electrons. The predicted octanol–water partition coefficient (Wildman–Crippen LogP) is 4.35. The van der Waals surface area contributed by atoms with Crippen molar-refractivity contribution in [1.29, 1.82) is 0 Å². The zero-order chi connectivity index (χ0) is 28.9. The topological polar surface area (TPSA) is 95.9 Å². The minimum Gasteiger partial charge on any atom is -0.508 e. The lowest BCUT2D eigenvalue weighted by Crippen LogP contribution is -2.60. The van der Waals surface area contributed by atoms with E-state index in [0.717, 1.165) is 43.0 Å². The largest absolute Gasteiger partial charge is 0.508 e. The molecule has 7 heterocycles. The average molecular weight is 587 g/mol. The number of piperazine rings is 1. The molecule has 4 fully saturated rings. The van der Waals surface area contributed by atoms with E-state index < -0.39 is 12.0 Å².